The Morgan fingerprint density at radius 2 is 1.68 bits per heavy atom. The molecule has 0 saturated heterocycles. The standard InChI is InChI=1S/C26H31Cl2N3O5S/c1-5-21(24(33)29-26(2,3)4)30(16-18-19(27)11-8-12-20(18)28)23(32)14-9-15-31-25(34)17-10-6-7-13-22(17)37(31,35)36/h6-8,10-13,21H,5,9,14-16H2,1-4H3,(H,29,33)/t21-/m1/s1. The van der Waals surface area contributed by atoms with E-state index in [9.17, 15) is 22.8 Å². The third-order valence-corrected chi connectivity index (χ3v) is 8.49. The summed E-state index contributed by atoms with van der Waals surface area (Å²) in [6, 6.07) is 10.2. The number of benzene rings is 2. The molecule has 1 atom stereocenters. The second kappa shape index (κ2) is 11.4. The summed E-state index contributed by atoms with van der Waals surface area (Å²) in [6.45, 7) is 7.18. The fourth-order valence-electron chi connectivity index (χ4n) is 4.20. The minimum Gasteiger partial charge on any atom is -0.350 e. The maximum absolute atomic E-state index is 13.5. The summed E-state index contributed by atoms with van der Waals surface area (Å²) in [5.74, 6) is -1.31. The SMILES string of the molecule is CC[C@H](C(=O)NC(C)(C)C)N(Cc1c(Cl)cccc1Cl)C(=O)CCCN1C(=O)c2ccccc2S1(=O)=O. The van der Waals surface area contributed by atoms with E-state index >= 15 is 0 Å². The molecule has 1 heterocycles. The van der Waals surface area contributed by atoms with E-state index < -0.39 is 27.5 Å². The molecule has 1 N–H and O–H groups in total. The maximum atomic E-state index is 13.5. The molecule has 1 aliphatic rings. The van der Waals surface area contributed by atoms with Crippen LogP contribution in [0, 0.1) is 0 Å². The van der Waals surface area contributed by atoms with Crippen molar-refractivity contribution in [3.63, 3.8) is 0 Å². The van der Waals surface area contributed by atoms with E-state index in [1.54, 1.807) is 37.3 Å². The van der Waals surface area contributed by atoms with E-state index in [1.807, 2.05) is 20.8 Å². The smallest absolute Gasteiger partial charge is 0.269 e. The van der Waals surface area contributed by atoms with E-state index in [2.05, 4.69) is 5.32 Å². The molecule has 200 valence electrons. The van der Waals surface area contributed by atoms with Gasteiger partial charge in [-0.1, -0.05) is 48.3 Å². The number of carbonyl (C=O) groups is 3. The van der Waals surface area contributed by atoms with Gasteiger partial charge in [0, 0.05) is 40.7 Å². The number of rotatable bonds is 9. The maximum Gasteiger partial charge on any atom is 0.269 e. The zero-order chi connectivity index (χ0) is 27.5. The summed E-state index contributed by atoms with van der Waals surface area (Å²) in [5.41, 5.74) is 0.114. The average molecular weight is 569 g/mol. The number of halogens is 2. The van der Waals surface area contributed by atoms with Crippen LogP contribution in [0.1, 0.15) is 62.9 Å². The van der Waals surface area contributed by atoms with Gasteiger partial charge in [0.1, 0.15) is 10.9 Å². The van der Waals surface area contributed by atoms with E-state index in [0.29, 0.717) is 22.0 Å². The third kappa shape index (κ3) is 6.45. The summed E-state index contributed by atoms with van der Waals surface area (Å²) in [4.78, 5) is 40.7. The normalized spacial score (nSPS) is 15.3. The summed E-state index contributed by atoms with van der Waals surface area (Å²) >= 11 is 12.7. The third-order valence-electron chi connectivity index (χ3n) is 5.94. The summed E-state index contributed by atoms with van der Waals surface area (Å²) in [5, 5.41) is 3.64. The molecule has 3 amide bonds. The first-order chi connectivity index (χ1) is 17.3. The van der Waals surface area contributed by atoms with Crippen molar-refractivity contribution in [3.05, 3.63) is 63.6 Å². The quantitative estimate of drug-likeness (QED) is 0.475. The summed E-state index contributed by atoms with van der Waals surface area (Å²) in [6.07, 6.45) is 0.336. The van der Waals surface area contributed by atoms with Crippen molar-refractivity contribution in [1.82, 2.24) is 14.5 Å². The molecule has 3 rings (SSSR count). The highest BCUT2D eigenvalue weighted by atomic mass is 35.5. The summed E-state index contributed by atoms with van der Waals surface area (Å²) in [7, 11) is -3.97. The van der Waals surface area contributed by atoms with Crippen molar-refractivity contribution in [2.45, 2.75) is 70.0 Å². The fourth-order valence-corrected chi connectivity index (χ4v) is 6.32. The molecule has 0 bridgehead atoms. The van der Waals surface area contributed by atoms with E-state index in [1.165, 1.54) is 17.0 Å². The lowest BCUT2D eigenvalue weighted by molar-refractivity contribution is -0.142. The lowest BCUT2D eigenvalue weighted by atomic mass is 10.0. The molecule has 0 radical (unpaired) electrons. The van der Waals surface area contributed by atoms with Gasteiger partial charge in [-0.2, -0.15) is 0 Å². The molecule has 0 aliphatic carbocycles. The van der Waals surface area contributed by atoms with Crippen molar-refractivity contribution in [3.8, 4) is 0 Å². The molecule has 8 nitrogen and oxygen atoms in total. The van der Waals surface area contributed by atoms with Gasteiger partial charge in [-0.3, -0.25) is 14.4 Å². The number of nitrogens with zero attached hydrogens (tertiary/aromatic N) is 2. The Hall–Kier alpha value is -2.62. The molecule has 2 aromatic carbocycles. The highest BCUT2D eigenvalue weighted by Crippen LogP contribution is 2.31. The van der Waals surface area contributed by atoms with Crippen LogP contribution in [-0.4, -0.2) is 53.5 Å². The Kier molecular flexibility index (Phi) is 8.93. The lowest BCUT2D eigenvalue weighted by Gasteiger charge is -2.33. The first kappa shape index (κ1) is 28.9. The largest absolute Gasteiger partial charge is 0.350 e. The predicted octanol–water partition coefficient (Wildman–Crippen LogP) is 4.64. The van der Waals surface area contributed by atoms with Gasteiger partial charge in [0.15, 0.2) is 0 Å². The molecule has 0 aromatic heterocycles. The van der Waals surface area contributed by atoms with Gasteiger partial charge in [-0.25, -0.2) is 12.7 Å². The van der Waals surface area contributed by atoms with Gasteiger partial charge >= 0.3 is 0 Å². The number of nitrogens with one attached hydrogen (secondary N) is 1. The topological polar surface area (TPSA) is 104 Å². The van der Waals surface area contributed by atoms with Crippen LogP contribution in [0.3, 0.4) is 0 Å². The molecule has 11 heteroatoms. The summed E-state index contributed by atoms with van der Waals surface area (Å²) < 4.78 is 26.4. The van der Waals surface area contributed by atoms with E-state index in [0.717, 1.165) is 4.31 Å². The van der Waals surface area contributed by atoms with Gasteiger partial charge < -0.3 is 10.2 Å². The Morgan fingerprint density at radius 3 is 2.24 bits per heavy atom. The van der Waals surface area contributed by atoms with E-state index in [4.69, 9.17) is 23.2 Å². The number of fused-ring (bicyclic) bond motifs is 1. The van der Waals surface area contributed by atoms with Gasteiger partial charge in [-0.15, -0.1) is 0 Å². The van der Waals surface area contributed by atoms with Crippen LogP contribution in [0.25, 0.3) is 0 Å². The lowest BCUT2D eigenvalue weighted by Crippen LogP contribution is -2.53. The zero-order valence-corrected chi connectivity index (χ0v) is 23.6. The molecule has 37 heavy (non-hydrogen) atoms. The Balaban J connectivity index is 1.81. The van der Waals surface area contributed by atoms with Crippen molar-refractivity contribution in [2.75, 3.05) is 6.54 Å². The predicted molar refractivity (Wildman–Crippen MR) is 143 cm³/mol. The van der Waals surface area contributed by atoms with Gasteiger partial charge in [-0.05, 0) is 57.9 Å². The van der Waals surface area contributed by atoms with Crippen LogP contribution in [0.5, 0.6) is 0 Å². The van der Waals surface area contributed by atoms with Crippen molar-refractivity contribution >= 4 is 50.9 Å². The minimum atomic E-state index is -3.97. The number of carbonyl (C=O) groups excluding carboxylic acids is 3. The molecule has 0 fully saturated rings. The average Bonchev–Trinajstić information content (AvgIpc) is 3.00. The molecular weight excluding hydrogens is 537 g/mol. The fraction of sp³-hybridized carbons (Fsp3) is 0.423. The van der Waals surface area contributed by atoms with Crippen LogP contribution in [0.2, 0.25) is 10.0 Å². The Labute approximate surface area is 228 Å². The van der Waals surface area contributed by atoms with Crippen LogP contribution < -0.4 is 5.32 Å². The van der Waals surface area contributed by atoms with Gasteiger partial charge in [0.05, 0.1) is 5.56 Å². The van der Waals surface area contributed by atoms with Gasteiger partial charge in [0.25, 0.3) is 15.9 Å². The minimum absolute atomic E-state index is 0.000204. The highest BCUT2D eigenvalue weighted by molar-refractivity contribution is 7.90. The number of hydrogen-bond donors (Lipinski definition) is 1. The first-order valence-corrected chi connectivity index (χ1v) is 14.2. The highest BCUT2D eigenvalue weighted by Gasteiger charge is 2.40. The van der Waals surface area contributed by atoms with Crippen LogP contribution in [0.15, 0.2) is 47.4 Å². The molecule has 1 aliphatic heterocycles. The second-order valence-electron chi connectivity index (χ2n) is 9.87. The number of amides is 3. The molecule has 0 spiro atoms. The zero-order valence-electron chi connectivity index (χ0n) is 21.3. The van der Waals surface area contributed by atoms with Crippen molar-refractivity contribution < 1.29 is 22.8 Å². The molecule has 0 unspecified atom stereocenters. The Bertz CT molecular complexity index is 1290. The number of sulfonamides is 1. The number of hydrogen-bond acceptors (Lipinski definition) is 5. The molecule has 2 aromatic rings. The molecular formula is C26H31Cl2N3O5S. The first-order valence-electron chi connectivity index (χ1n) is 12.0. The van der Waals surface area contributed by atoms with Crippen LogP contribution >= 0.6 is 23.2 Å². The Morgan fingerprint density at radius 1 is 1.05 bits per heavy atom. The van der Waals surface area contributed by atoms with Gasteiger partial charge in [0.2, 0.25) is 11.8 Å². The molecule has 0 saturated carbocycles. The van der Waals surface area contributed by atoms with Crippen molar-refractivity contribution in [1.29, 1.82) is 0 Å². The van der Waals surface area contributed by atoms with Crippen LogP contribution in [-0.2, 0) is 26.2 Å². The second-order valence-corrected chi connectivity index (χ2v) is 12.5. The monoisotopic (exact) mass is 567 g/mol. The van der Waals surface area contributed by atoms with Crippen molar-refractivity contribution in [2.24, 2.45) is 0 Å². The van der Waals surface area contributed by atoms with Crippen LogP contribution in [0.4, 0.5) is 0 Å². The van der Waals surface area contributed by atoms with E-state index in [-0.39, 0.29) is 48.2 Å².